The Balaban J connectivity index is 2.40. The first-order valence-corrected chi connectivity index (χ1v) is 4.16. The van der Waals surface area contributed by atoms with E-state index in [-0.39, 0.29) is 5.41 Å². The Morgan fingerprint density at radius 1 is 1.58 bits per heavy atom. The van der Waals surface area contributed by atoms with Gasteiger partial charge in [0.1, 0.15) is 6.29 Å². The van der Waals surface area contributed by atoms with E-state index in [1.165, 1.54) is 5.56 Å². The van der Waals surface area contributed by atoms with Crippen molar-refractivity contribution in [2.45, 2.75) is 25.2 Å². The molecule has 0 radical (unpaired) electrons. The van der Waals surface area contributed by atoms with Gasteiger partial charge in [-0.25, -0.2) is 0 Å². The Morgan fingerprint density at radius 3 is 2.83 bits per heavy atom. The molecule has 62 valence electrons. The number of aryl methyl sites for hydroxylation is 1. The van der Waals surface area contributed by atoms with E-state index in [0.717, 1.165) is 24.8 Å². The van der Waals surface area contributed by atoms with E-state index in [1.807, 2.05) is 19.1 Å². The molecule has 1 aliphatic rings. The van der Waals surface area contributed by atoms with Gasteiger partial charge in [-0.1, -0.05) is 0 Å². The SMILES string of the molecule is Cc1ccnc(C2(C=O)CC2)c1. The van der Waals surface area contributed by atoms with Crippen LogP contribution in [-0.2, 0) is 10.2 Å². The van der Waals surface area contributed by atoms with E-state index >= 15 is 0 Å². The summed E-state index contributed by atoms with van der Waals surface area (Å²) in [6.07, 6.45) is 4.74. The zero-order valence-electron chi connectivity index (χ0n) is 7.08. The minimum Gasteiger partial charge on any atom is -0.302 e. The minimum atomic E-state index is -0.216. The molecule has 0 unspecified atom stereocenters. The van der Waals surface area contributed by atoms with Crippen LogP contribution in [-0.4, -0.2) is 11.3 Å². The van der Waals surface area contributed by atoms with E-state index < -0.39 is 0 Å². The van der Waals surface area contributed by atoms with E-state index in [4.69, 9.17) is 0 Å². The zero-order chi connectivity index (χ0) is 8.60. The number of carbonyl (C=O) groups is 1. The molecule has 0 atom stereocenters. The normalized spacial score (nSPS) is 18.8. The fraction of sp³-hybridized carbons (Fsp3) is 0.400. The predicted octanol–water partition coefficient (Wildman–Crippen LogP) is 1.62. The summed E-state index contributed by atoms with van der Waals surface area (Å²) in [4.78, 5) is 15.0. The molecule has 0 N–H and O–H groups in total. The fourth-order valence-corrected chi connectivity index (χ4v) is 1.38. The molecular formula is C10H11NO. The average Bonchev–Trinajstić information content (AvgIpc) is 2.84. The quantitative estimate of drug-likeness (QED) is 0.617. The Labute approximate surface area is 71.6 Å². The van der Waals surface area contributed by atoms with Gasteiger partial charge >= 0.3 is 0 Å². The van der Waals surface area contributed by atoms with E-state index in [9.17, 15) is 4.79 Å². The highest BCUT2D eigenvalue weighted by molar-refractivity contribution is 5.71. The van der Waals surface area contributed by atoms with Crippen molar-refractivity contribution in [1.82, 2.24) is 4.98 Å². The number of aldehydes is 1. The van der Waals surface area contributed by atoms with Crippen molar-refractivity contribution in [1.29, 1.82) is 0 Å². The molecule has 0 amide bonds. The standard InChI is InChI=1S/C10H11NO/c1-8-2-5-11-9(6-8)10(7-12)3-4-10/h2,5-7H,3-4H2,1H3. The maximum absolute atomic E-state index is 10.8. The molecule has 2 rings (SSSR count). The Hall–Kier alpha value is -1.18. The first-order chi connectivity index (χ1) is 5.77. The van der Waals surface area contributed by atoms with Gasteiger partial charge in [-0.2, -0.15) is 0 Å². The molecule has 0 spiro atoms. The van der Waals surface area contributed by atoms with Gasteiger partial charge in [0.05, 0.1) is 11.1 Å². The maximum Gasteiger partial charge on any atom is 0.132 e. The second-order valence-electron chi connectivity index (χ2n) is 3.49. The van der Waals surface area contributed by atoms with Gasteiger partial charge in [0.25, 0.3) is 0 Å². The molecule has 1 aromatic rings. The average molecular weight is 161 g/mol. The Kier molecular flexibility index (Phi) is 1.50. The van der Waals surface area contributed by atoms with Crippen LogP contribution in [0.25, 0.3) is 0 Å². The maximum atomic E-state index is 10.8. The van der Waals surface area contributed by atoms with Crippen LogP contribution >= 0.6 is 0 Å². The summed E-state index contributed by atoms with van der Waals surface area (Å²) in [7, 11) is 0. The highest BCUT2D eigenvalue weighted by atomic mass is 16.1. The summed E-state index contributed by atoms with van der Waals surface area (Å²) in [5.74, 6) is 0. The van der Waals surface area contributed by atoms with Crippen molar-refractivity contribution in [3.05, 3.63) is 29.6 Å². The summed E-state index contributed by atoms with van der Waals surface area (Å²) in [5, 5.41) is 0. The van der Waals surface area contributed by atoms with E-state index in [2.05, 4.69) is 4.98 Å². The summed E-state index contributed by atoms with van der Waals surface area (Å²) in [6, 6.07) is 3.95. The van der Waals surface area contributed by atoms with E-state index in [0.29, 0.717) is 0 Å². The third-order valence-corrected chi connectivity index (χ3v) is 2.44. The second-order valence-corrected chi connectivity index (χ2v) is 3.49. The molecule has 1 heterocycles. The molecule has 12 heavy (non-hydrogen) atoms. The lowest BCUT2D eigenvalue weighted by atomic mass is 10.0. The molecule has 2 heteroatoms. The topological polar surface area (TPSA) is 30.0 Å². The molecule has 0 saturated heterocycles. The molecule has 2 nitrogen and oxygen atoms in total. The number of hydrogen-bond acceptors (Lipinski definition) is 2. The third-order valence-electron chi connectivity index (χ3n) is 2.44. The smallest absolute Gasteiger partial charge is 0.132 e. The van der Waals surface area contributed by atoms with Crippen molar-refractivity contribution in [2.75, 3.05) is 0 Å². The molecule has 0 aromatic carbocycles. The highest BCUT2D eigenvalue weighted by Gasteiger charge is 2.45. The number of rotatable bonds is 2. The Morgan fingerprint density at radius 2 is 2.33 bits per heavy atom. The van der Waals surface area contributed by atoms with Crippen molar-refractivity contribution in [2.24, 2.45) is 0 Å². The van der Waals surface area contributed by atoms with Crippen LogP contribution < -0.4 is 0 Å². The van der Waals surface area contributed by atoms with Crippen LogP contribution in [0.2, 0.25) is 0 Å². The molecule has 0 aliphatic heterocycles. The second kappa shape index (κ2) is 2.41. The fourth-order valence-electron chi connectivity index (χ4n) is 1.38. The van der Waals surface area contributed by atoms with Crippen molar-refractivity contribution in [3.8, 4) is 0 Å². The number of pyridine rings is 1. The molecule has 1 aromatic heterocycles. The minimum absolute atomic E-state index is 0.216. The predicted molar refractivity (Wildman–Crippen MR) is 46.0 cm³/mol. The van der Waals surface area contributed by atoms with Gasteiger partial charge in [0.15, 0.2) is 0 Å². The van der Waals surface area contributed by atoms with Crippen LogP contribution in [0.1, 0.15) is 24.1 Å². The van der Waals surface area contributed by atoms with Crippen molar-refractivity contribution < 1.29 is 4.79 Å². The zero-order valence-corrected chi connectivity index (χ0v) is 7.08. The first kappa shape index (κ1) is 7.47. The first-order valence-electron chi connectivity index (χ1n) is 4.16. The van der Waals surface area contributed by atoms with Gasteiger partial charge in [0, 0.05) is 6.20 Å². The number of aromatic nitrogens is 1. The monoisotopic (exact) mass is 161 g/mol. The van der Waals surface area contributed by atoms with Crippen LogP contribution in [0, 0.1) is 6.92 Å². The number of nitrogens with zero attached hydrogens (tertiary/aromatic N) is 1. The lowest BCUT2D eigenvalue weighted by Gasteiger charge is -2.05. The number of carbonyl (C=O) groups excluding carboxylic acids is 1. The van der Waals surface area contributed by atoms with E-state index in [1.54, 1.807) is 6.20 Å². The van der Waals surface area contributed by atoms with Gasteiger partial charge in [-0.05, 0) is 37.5 Å². The van der Waals surface area contributed by atoms with Crippen LogP contribution in [0.15, 0.2) is 18.3 Å². The summed E-state index contributed by atoms with van der Waals surface area (Å²) in [6.45, 7) is 2.02. The lowest BCUT2D eigenvalue weighted by molar-refractivity contribution is -0.109. The van der Waals surface area contributed by atoms with Crippen LogP contribution in [0.4, 0.5) is 0 Å². The summed E-state index contributed by atoms with van der Waals surface area (Å²) >= 11 is 0. The molecule has 0 bridgehead atoms. The van der Waals surface area contributed by atoms with Crippen molar-refractivity contribution >= 4 is 6.29 Å². The highest BCUT2D eigenvalue weighted by Crippen LogP contribution is 2.45. The van der Waals surface area contributed by atoms with Gasteiger partial charge in [-0.3, -0.25) is 4.98 Å². The number of hydrogen-bond donors (Lipinski definition) is 0. The van der Waals surface area contributed by atoms with Gasteiger partial charge in [-0.15, -0.1) is 0 Å². The summed E-state index contributed by atoms with van der Waals surface area (Å²) < 4.78 is 0. The van der Waals surface area contributed by atoms with Gasteiger partial charge in [0.2, 0.25) is 0 Å². The molecule has 1 saturated carbocycles. The molecule has 1 fully saturated rings. The molecular weight excluding hydrogens is 150 g/mol. The third kappa shape index (κ3) is 1.04. The summed E-state index contributed by atoms with van der Waals surface area (Å²) in [5.41, 5.74) is 1.90. The van der Waals surface area contributed by atoms with Gasteiger partial charge < -0.3 is 4.79 Å². The lowest BCUT2D eigenvalue weighted by Crippen LogP contribution is -2.09. The molecule has 1 aliphatic carbocycles. The Bertz CT molecular complexity index is 315. The van der Waals surface area contributed by atoms with Crippen LogP contribution in [0.5, 0.6) is 0 Å². The van der Waals surface area contributed by atoms with Crippen molar-refractivity contribution in [3.63, 3.8) is 0 Å². The largest absolute Gasteiger partial charge is 0.302 e. The van der Waals surface area contributed by atoms with Crippen LogP contribution in [0.3, 0.4) is 0 Å².